The van der Waals surface area contributed by atoms with Crippen molar-refractivity contribution in [1.82, 2.24) is 9.80 Å². The maximum Gasteiger partial charge on any atom is 0.192 e. The third-order valence-electron chi connectivity index (χ3n) is 5.53. The highest BCUT2D eigenvalue weighted by atomic mass is 16.5. The van der Waals surface area contributed by atoms with E-state index < -0.39 is 0 Å². The van der Waals surface area contributed by atoms with E-state index in [-0.39, 0.29) is 5.54 Å². The van der Waals surface area contributed by atoms with Crippen molar-refractivity contribution in [1.29, 1.82) is 0 Å². The molecule has 3 aliphatic heterocycles. The quantitative estimate of drug-likeness (QED) is 0.829. The largest absolute Gasteiger partial charge is 0.376 e. The second-order valence-electron chi connectivity index (χ2n) is 7.10. The molecule has 3 heterocycles. The summed E-state index contributed by atoms with van der Waals surface area (Å²) in [6.07, 6.45) is 6.66. The van der Waals surface area contributed by atoms with Crippen molar-refractivity contribution in [2.24, 2.45) is 10.7 Å². The molecule has 0 radical (unpaired) electrons. The van der Waals surface area contributed by atoms with E-state index in [0.29, 0.717) is 12.1 Å². The first-order valence-corrected chi connectivity index (χ1v) is 8.13. The first-order chi connectivity index (χ1) is 9.68. The molecule has 0 aromatic rings. The fourth-order valence-corrected chi connectivity index (χ4v) is 4.35. The number of hydrogen-bond donors (Lipinski definition) is 1. The number of hydrogen-bond acceptors (Lipinski definition) is 5. The molecule has 1 saturated carbocycles. The molecule has 0 bridgehead atoms. The average molecular weight is 278 g/mol. The molecule has 1 aliphatic carbocycles. The molecule has 5 heteroatoms. The van der Waals surface area contributed by atoms with Crippen molar-refractivity contribution in [2.45, 2.75) is 62.8 Å². The summed E-state index contributed by atoms with van der Waals surface area (Å²) in [5, 5.41) is 0. The molecule has 0 aromatic carbocycles. The number of nitrogens with two attached hydrogens (primary N) is 1. The number of guanidine groups is 1. The Morgan fingerprint density at radius 3 is 2.95 bits per heavy atom. The molecule has 0 amide bonds. The highest BCUT2D eigenvalue weighted by Gasteiger charge is 2.53. The summed E-state index contributed by atoms with van der Waals surface area (Å²) in [5.74, 6) is 0.741. The minimum Gasteiger partial charge on any atom is -0.376 e. The van der Waals surface area contributed by atoms with E-state index >= 15 is 0 Å². The van der Waals surface area contributed by atoms with Gasteiger partial charge in [0.25, 0.3) is 0 Å². The van der Waals surface area contributed by atoms with Crippen LogP contribution in [-0.4, -0.2) is 65.7 Å². The van der Waals surface area contributed by atoms with Gasteiger partial charge in [0, 0.05) is 31.8 Å². The van der Waals surface area contributed by atoms with Gasteiger partial charge in [0.1, 0.15) is 0 Å². The summed E-state index contributed by atoms with van der Waals surface area (Å²) in [6.45, 7) is 6.22. The smallest absolute Gasteiger partial charge is 0.192 e. The summed E-state index contributed by atoms with van der Waals surface area (Å²) in [4.78, 5) is 9.65. The zero-order valence-corrected chi connectivity index (χ0v) is 12.4. The summed E-state index contributed by atoms with van der Waals surface area (Å²) >= 11 is 0. The standard InChI is InChI=1S/C15H26N4O/c1-11-7-15(10-18(11)12-4-5-12)9-17-14(16)19(15)8-13-3-2-6-20-13/h11-13H,2-10H2,1H3,(H2,16,17). The molecule has 4 aliphatic rings. The van der Waals surface area contributed by atoms with Gasteiger partial charge in [-0.3, -0.25) is 9.89 Å². The normalized spacial score (nSPS) is 41.9. The van der Waals surface area contributed by atoms with E-state index in [1.807, 2.05) is 0 Å². The van der Waals surface area contributed by atoms with Gasteiger partial charge in [-0.1, -0.05) is 0 Å². The maximum atomic E-state index is 6.20. The Labute approximate surface area is 121 Å². The van der Waals surface area contributed by atoms with Crippen LogP contribution in [0.5, 0.6) is 0 Å². The van der Waals surface area contributed by atoms with Gasteiger partial charge in [0.2, 0.25) is 0 Å². The van der Waals surface area contributed by atoms with Crippen molar-refractivity contribution in [3.63, 3.8) is 0 Å². The van der Waals surface area contributed by atoms with E-state index in [4.69, 9.17) is 10.5 Å². The van der Waals surface area contributed by atoms with Crippen LogP contribution in [0.3, 0.4) is 0 Å². The molecule has 2 N–H and O–H groups in total. The molecule has 3 fully saturated rings. The topological polar surface area (TPSA) is 54.1 Å². The monoisotopic (exact) mass is 278 g/mol. The lowest BCUT2D eigenvalue weighted by atomic mass is 9.94. The number of nitrogens with zero attached hydrogens (tertiary/aromatic N) is 3. The Kier molecular flexibility index (Phi) is 2.96. The Morgan fingerprint density at radius 2 is 2.25 bits per heavy atom. The van der Waals surface area contributed by atoms with Gasteiger partial charge in [-0.25, -0.2) is 0 Å². The molecular formula is C15H26N4O. The van der Waals surface area contributed by atoms with Crippen LogP contribution in [-0.2, 0) is 4.74 Å². The van der Waals surface area contributed by atoms with Crippen LogP contribution in [0, 0.1) is 0 Å². The number of likely N-dealkylation sites (tertiary alicyclic amines) is 1. The number of aliphatic imine (C=N–C) groups is 1. The summed E-state index contributed by atoms with van der Waals surface area (Å²) in [6, 6.07) is 1.49. The van der Waals surface area contributed by atoms with E-state index in [0.717, 1.165) is 38.2 Å². The average Bonchev–Trinajstić information content (AvgIpc) is 2.91. The fraction of sp³-hybridized carbons (Fsp3) is 0.933. The Hall–Kier alpha value is -0.810. The fourth-order valence-electron chi connectivity index (χ4n) is 4.35. The van der Waals surface area contributed by atoms with Gasteiger partial charge in [-0.05, 0) is 39.0 Å². The number of rotatable bonds is 3. The van der Waals surface area contributed by atoms with Crippen molar-refractivity contribution in [3.05, 3.63) is 0 Å². The Bertz CT molecular complexity index is 416. The third kappa shape index (κ3) is 2.02. The van der Waals surface area contributed by atoms with Gasteiger partial charge in [0.15, 0.2) is 5.96 Å². The van der Waals surface area contributed by atoms with E-state index in [9.17, 15) is 0 Å². The van der Waals surface area contributed by atoms with Crippen LogP contribution >= 0.6 is 0 Å². The maximum absolute atomic E-state index is 6.20. The molecule has 5 nitrogen and oxygen atoms in total. The van der Waals surface area contributed by atoms with E-state index in [1.165, 1.54) is 32.1 Å². The third-order valence-corrected chi connectivity index (χ3v) is 5.53. The molecule has 20 heavy (non-hydrogen) atoms. The highest BCUT2D eigenvalue weighted by molar-refractivity contribution is 5.81. The van der Waals surface area contributed by atoms with Crippen LogP contribution in [0.15, 0.2) is 4.99 Å². The molecule has 2 saturated heterocycles. The molecule has 4 rings (SSSR count). The van der Waals surface area contributed by atoms with Gasteiger partial charge >= 0.3 is 0 Å². The zero-order chi connectivity index (χ0) is 13.7. The predicted octanol–water partition coefficient (Wildman–Crippen LogP) is 0.791. The number of ether oxygens (including phenoxy) is 1. The van der Waals surface area contributed by atoms with Crippen LogP contribution in [0.2, 0.25) is 0 Å². The van der Waals surface area contributed by atoms with E-state index in [1.54, 1.807) is 0 Å². The van der Waals surface area contributed by atoms with Gasteiger partial charge in [-0.2, -0.15) is 0 Å². The van der Waals surface area contributed by atoms with Crippen LogP contribution < -0.4 is 5.73 Å². The molecule has 0 aromatic heterocycles. The Morgan fingerprint density at radius 1 is 1.40 bits per heavy atom. The van der Waals surface area contributed by atoms with Crippen molar-refractivity contribution < 1.29 is 4.74 Å². The van der Waals surface area contributed by atoms with Gasteiger partial charge in [-0.15, -0.1) is 0 Å². The van der Waals surface area contributed by atoms with Crippen molar-refractivity contribution in [2.75, 3.05) is 26.2 Å². The zero-order valence-electron chi connectivity index (χ0n) is 12.4. The second kappa shape index (κ2) is 4.60. The molecular weight excluding hydrogens is 252 g/mol. The van der Waals surface area contributed by atoms with Crippen LogP contribution in [0.25, 0.3) is 0 Å². The molecule has 112 valence electrons. The lowest BCUT2D eigenvalue weighted by molar-refractivity contribution is 0.0668. The first kappa shape index (κ1) is 12.9. The van der Waals surface area contributed by atoms with E-state index in [2.05, 4.69) is 21.7 Å². The SMILES string of the molecule is CC1CC2(CN=C(N)N2CC2CCCO2)CN1C1CC1. The second-order valence-corrected chi connectivity index (χ2v) is 7.10. The first-order valence-electron chi connectivity index (χ1n) is 8.13. The molecule has 1 spiro atoms. The summed E-state index contributed by atoms with van der Waals surface area (Å²) in [5.41, 5.74) is 6.35. The predicted molar refractivity (Wildman–Crippen MR) is 78.7 cm³/mol. The minimum atomic E-state index is 0.151. The summed E-state index contributed by atoms with van der Waals surface area (Å²) < 4.78 is 5.81. The highest BCUT2D eigenvalue weighted by Crippen LogP contribution is 2.41. The van der Waals surface area contributed by atoms with Crippen LogP contribution in [0.4, 0.5) is 0 Å². The Balaban J connectivity index is 1.51. The molecule has 3 atom stereocenters. The minimum absolute atomic E-state index is 0.151. The van der Waals surface area contributed by atoms with Crippen LogP contribution in [0.1, 0.15) is 39.0 Å². The van der Waals surface area contributed by atoms with Crippen molar-refractivity contribution >= 4 is 5.96 Å². The van der Waals surface area contributed by atoms with Gasteiger partial charge < -0.3 is 15.4 Å². The summed E-state index contributed by atoms with van der Waals surface area (Å²) in [7, 11) is 0. The molecule has 3 unspecified atom stereocenters. The van der Waals surface area contributed by atoms with Gasteiger partial charge in [0.05, 0.1) is 18.2 Å². The lowest BCUT2D eigenvalue weighted by Crippen LogP contribution is -2.55. The van der Waals surface area contributed by atoms with Crippen molar-refractivity contribution in [3.8, 4) is 0 Å². The lowest BCUT2D eigenvalue weighted by Gasteiger charge is -2.37.